The molecule has 0 bridgehead atoms. The normalized spacial score (nSPS) is 16.7. The Labute approximate surface area is 148 Å². The minimum Gasteiger partial charge on any atom is -0.484 e. The summed E-state index contributed by atoms with van der Waals surface area (Å²) in [5.41, 5.74) is 3.14. The molecule has 5 nitrogen and oxygen atoms in total. The highest BCUT2D eigenvalue weighted by Crippen LogP contribution is 2.17. The number of nitrogens with zero attached hydrogens (tertiary/aromatic N) is 1. The Morgan fingerprint density at radius 2 is 1.92 bits per heavy atom. The van der Waals surface area contributed by atoms with Crippen molar-refractivity contribution in [2.45, 2.75) is 26.0 Å². The molecule has 2 N–H and O–H groups in total. The quantitative estimate of drug-likeness (QED) is 0.848. The monoisotopic (exact) mass is 340 g/mol. The van der Waals surface area contributed by atoms with Gasteiger partial charge in [-0.15, -0.1) is 0 Å². The molecule has 132 valence electrons. The van der Waals surface area contributed by atoms with Crippen LogP contribution in [0.3, 0.4) is 0 Å². The third-order valence-corrected chi connectivity index (χ3v) is 4.43. The topological polar surface area (TPSA) is 61.8 Å². The molecule has 0 aromatic heterocycles. The van der Waals surface area contributed by atoms with Crippen LogP contribution in [-0.4, -0.2) is 41.7 Å². The van der Waals surface area contributed by atoms with Gasteiger partial charge in [-0.05, 0) is 43.2 Å². The lowest BCUT2D eigenvalue weighted by atomic mass is 10.2. The molecular formula is C20H24N2O3. The average molecular weight is 340 g/mol. The van der Waals surface area contributed by atoms with Crippen LogP contribution in [0.1, 0.15) is 17.5 Å². The molecule has 1 atom stereocenters. The van der Waals surface area contributed by atoms with Crippen molar-refractivity contribution in [3.63, 3.8) is 0 Å². The first-order valence-corrected chi connectivity index (χ1v) is 8.57. The summed E-state index contributed by atoms with van der Waals surface area (Å²) in [6, 6.07) is 15.7. The highest BCUT2D eigenvalue weighted by atomic mass is 16.5. The fraction of sp³-hybridized carbons (Fsp3) is 0.350. The molecule has 3 rings (SSSR count). The maximum absolute atomic E-state index is 12.3. The van der Waals surface area contributed by atoms with Crippen LogP contribution in [0, 0.1) is 6.92 Å². The van der Waals surface area contributed by atoms with Gasteiger partial charge < -0.3 is 20.1 Å². The number of hydrogen-bond acceptors (Lipinski definition) is 4. The van der Waals surface area contributed by atoms with Crippen molar-refractivity contribution in [3.8, 4) is 5.75 Å². The smallest absolute Gasteiger partial charge is 0.260 e. The summed E-state index contributed by atoms with van der Waals surface area (Å²) in [5, 5.41) is 12.5. The van der Waals surface area contributed by atoms with Gasteiger partial charge in [0.15, 0.2) is 6.61 Å². The molecule has 0 saturated carbocycles. The van der Waals surface area contributed by atoms with E-state index < -0.39 is 0 Å². The second-order valence-electron chi connectivity index (χ2n) is 6.43. The third-order valence-electron chi connectivity index (χ3n) is 4.43. The number of amides is 1. The highest BCUT2D eigenvalue weighted by molar-refractivity contribution is 5.78. The number of nitrogens with one attached hydrogen (secondary N) is 1. The Balaban J connectivity index is 1.46. The molecule has 0 spiro atoms. The maximum Gasteiger partial charge on any atom is 0.260 e. The zero-order valence-electron chi connectivity index (χ0n) is 14.4. The van der Waals surface area contributed by atoms with Crippen LogP contribution in [0.25, 0.3) is 0 Å². The predicted molar refractivity (Wildman–Crippen MR) is 97.6 cm³/mol. The van der Waals surface area contributed by atoms with Crippen molar-refractivity contribution >= 4 is 11.6 Å². The van der Waals surface area contributed by atoms with E-state index in [0.29, 0.717) is 12.3 Å². The molecule has 2 aromatic carbocycles. The number of hydrogen-bond donors (Lipinski definition) is 2. The Kier molecular flexibility index (Phi) is 5.56. The van der Waals surface area contributed by atoms with Crippen molar-refractivity contribution in [1.82, 2.24) is 4.90 Å². The molecule has 1 heterocycles. The number of rotatable bonds is 6. The Morgan fingerprint density at radius 3 is 2.60 bits per heavy atom. The third kappa shape index (κ3) is 4.73. The lowest BCUT2D eigenvalue weighted by molar-refractivity contribution is -0.132. The van der Waals surface area contributed by atoms with E-state index in [1.54, 1.807) is 24.3 Å². The zero-order chi connectivity index (χ0) is 17.6. The van der Waals surface area contributed by atoms with E-state index in [4.69, 9.17) is 9.84 Å². The molecule has 1 saturated heterocycles. The number of aliphatic hydroxyl groups excluding tert-OH is 1. The molecule has 1 aliphatic rings. The number of benzene rings is 2. The second kappa shape index (κ2) is 8.03. The molecule has 1 fully saturated rings. The van der Waals surface area contributed by atoms with Crippen molar-refractivity contribution < 1.29 is 14.6 Å². The molecular weight excluding hydrogens is 316 g/mol. The molecule has 0 aliphatic carbocycles. The first kappa shape index (κ1) is 17.3. The van der Waals surface area contributed by atoms with E-state index in [0.717, 1.165) is 24.2 Å². The zero-order valence-corrected chi connectivity index (χ0v) is 14.4. The van der Waals surface area contributed by atoms with Crippen molar-refractivity contribution in [3.05, 3.63) is 59.7 Å². The van der Waals surface area contributed by atoms with Gasteiger partial charge in [-0.25, -0.2) is 0 Å². The molecule has 1 aliphatic heterocycles. The van der Waals surface area contributed by atoms with Crippen LogP contribution >= 0.6 is 0 Å². The minimum atomic E-state index is -0.000518. The van der Waals surface area contributed by atoms with Crippen LogP contribution in [-0.2, 0) is 11.4 Å². The lowest BCUT2D eigenvalue weighted by Gasteiger charge is -2.18. The average Bonchev–Trinajstić information content (AvgIpc) is 3.10. The number of aryl methyl sites for hydroxylation is 1. The Bertz CT molecular complexity index is 698. The van der Waals surface area contributed by atoms with E-state index in [2.05, 4.69) is 36.5 Å². The summed E-state index contributed by atoms with van der Waals surface area (Å²) >= 11 is 0. The van der Waals surface area contributed by atoms with Gasteiger partial charge in [0.2, 0.25) is 0 Å². The van der Waals surface area contributed by atoms with Crippen LogP contribution in [0.5, 0.6) is 5.75 Å². The van der Waals surface area contributed by atoms with Gasteiger partial charge in [0.1, 0.15) is 5.75 Å². The van der Waals surface area contributed by atoms with E-state index in [9.17, 15) is 4.79 Å². The standard InChI is InChI=1S/C20H24N2O3/c1-15-2-6-17(7-3-15)21-18-10-11-22(12-18)20(24)14-25-19-8-4-16(13-23)5-9-19/h2-9,18,21,23H,10-14H2,1H3. The number of likely N-dealkylation sites (tertiary alicyclic amines) is 1. The number of carbonyl (C=O) groups excluding carboxylic acids is 1. The molecule has 25 heavy (non-hydrogen) atoms. The van der Waals surface area contributed by atoms with Gasteiger partial charge in [0.05, 0.1) is 6.61 Å². The first-order chi connectivity index (χ1) is 12.1. The molecule has 0 radical (unpaired) electrons. The largest absolute Gasteiger partial charge is 0.484 e. The fourth-order valence-electron chi connectivity index (χ4n) is 2.92. The van der Waals surface area contributed by atoms with Crippen molar-refractivity contribution in [1.29, 1.82) is 0 Å². The summed E-state index contributed by atoms with van der Waals surface area (Å²) < 4.78 is 5.55. The SMILES string of the molecule is Cc1ccc(NC2CCN(C(=O)COc3ccc(CO)cc3)C2)cc1. The van der Waals surface area contributed by atoms with Gasteiger partial charge in [-0.3, -0.25) is 4.79 Å². The highest BCUT2D eigenvalue weighted by Gasteiger charge is 2.26. The second-order valence-corrected chi connectivity index (χ2v) is 6.43. The van der Waals surface area contributed by atoms with Crippen molar-refractivity contribution in [2.24, 2.45) is 0 Å². The van der Waals surface area contributed by atoms with Gasteiger partial charge in [-0.1, -0.05) is 29.8 Å². The molecule has 2 aromatic rings. The molecule has 5 heteroatoms. The Hall–Kier alpha value is -2.53. The van der Waals surface area contributed by atoms with Gasteiger partial charge in [0, 0.05) is 24.8 Å². The maximum atomic E-state index is 12.3. The summed E-state index contributed by atoms with van der Waals surface area (Å²) in [7, 11) is 0. The van der Waals surface area contributed by atoms with Crippen LogP contribution in [0.15, 0.2) is 48.5 Å². The first-order valence-electron chi connectivity index (χ1n) is 8.57. The summed E-state index contributed by atoms with van der Waals surface area (Å²) in [6.45, 7) is 3.55. The Morgan fingerprint density at radius 1 is 1.20 bits per heavy atom. The van der Waals surface area contributed by atoms with Crippen LogP contribution in [0.4, 0.5) is 5.69 Å². The minimum absolute atomic E-state index is 0.000518. The van der Waals surface area contributed by atoms with Gasteiger partial charge >= 0.3 is 0 Å². The van der Waals surface area contributed by atoms with Gasteiger partial charge in [-0.2, -0.15) is 0 Å². The lowest BCUT2D eigenvalue weighted by Crippen LogP contribution is -2.34. The van der Waals surface area contributed by atoms with Gasteiger partial charge in [0.25, 0.3) is 5.91 Å². The predicted octanol–water partition coefficient (Wildman–Crippen LogP) is 2.58. The summed E-state index contributed by atoms with van der Waals surface area (Å²) in [6.07, 6.45) is 0.935. The number of ether oxygens (including phenoxy) is 1. The number of aliphatic hydroxyl groups is 1. The van der Waals surface area contributed by atoms with E-state index in [1.807, 2.05) is 4.90 Å². The van der Waals surface area contributed by atoms with Crippen LogP contribution < -0.4 is 10.1 Å². The van der Waals surface area contributed by atoms with E-state index in [1.165, 1.54) is 5.56 Å². The number of anilines is 1. The summed E-state index contributed by atoms with van der Waals surface area (Å²) in [4.78, 5) is 14.2. The van der Waals surface area contributed by atoms with E-state index in [-0.39, 0.29) is 25.2 Å². The fourth-order valence-corrected chi connectivity index (χ4v) is 2.92. The van der Waals surface area contributed by atoms with Crippen molar-refractivity contribution in [2.75, 3.05) is 25.0 Å². The van der Waals surface area contributed by atoms with E-state index >= 15 is 0 Å². The molecule has 1 unspecified atom stereocenters. The van der Waals surface area contributed by atoms with Crippen LogP contribution in [0.2, 0.25) is 0 Å². The number of carbonyl (C=O) groups is 1. The summed E-state index contributed by atoms with van der Waals surface area (Å²) in [5.74, 6) is 0.638. The molecule has 1 amide bonds.